The lowest BCUT2D eigenvalue weighted by atomic mass is 10.1. The van der Waals surface area contributed by atoms with Crippen molar-refractivity contribution < 1.29 is 18.7 Å². The van der Waals surface area contributed by atoms with E-state index in [9.17, 15) is 9.59 Å². The molecule has 2 aliphatic rings. The zero-order valence-electron chi connectivity index (χ0n) is 17.9. The maximum absolute atomic E-state index is 12.8. The van der Waals surface area contributed by atoms with E-state index in [-0.39, 0.29) is 12.1 Å². The summed E-state index contributed by atoms with van der Waals surface area (Å²) in [5, 5.41) is 5.94. The van der Waals surface area contributed by atoms with E-state index in [4.69, 9.17) is 9.15 Å². The van der Waals surface area contributed by atoms with Gasteiger partial charge in [0.05, 0.1) is 36.4 Å². The number of anilines is 2. The molecule has 2 N–H and O–H groups in total. The molecule has 0 spiro atoms. The predicted octanol–water partition coefficient (Wildman–Crippen LogP) is 3.63. The molecule has 1 aromatic carbocycles. The van der Waals surface area contributed by atoms with Gasteiger partial charge >= 0.3 is 12.0 Å². The van der Waals surface area contributed by atoms with Crippen LogP contribution in [-0.4, -0.2) is 56.7 Å². The highest BCUT2D eigenvalue weighted by atomic mass is 16.5. The van der Waals surface area contributed by atoms with Gasteiger partial charge in [0.15, 0.2) is 0 Å². The van der Waals surface area contributed by atoms with E-state index in [0.29, 0.717) is 17.8 Å². The lowest BCUT2D eigenvalue weighted by molar-refractivity contribution is 0.0600. The molecule has 8 nitrogen and oxygen atoms in total. The average molecular weight is 427 g/mol. The monoisotopic (exact) mass is 426 g/mol. The molecule has 1 unspecified atom stereocenters. The zero-order valence-corrected chi connectivity index (χ0v) is 17.9. The first-order valence-electron chi connectivity index (χ1n) is 11.0. The molecule has 1 atom stereocenters. The summed E-state index contributed by atoms with van der Waals surface area (Å²) in [5.74, 6) is 0.427. The van der Waals surface area contributed by atoms with Crippen LogP contribution in [0.15, 0.2) is 41.0 Å². The number of benzene rings is 1. The first-order chi connectivity index (χ1) is 15.2. The Hall–Kier alpha value is -3.00. The maximum atomic E-state index is 12.8. The van der Waals surface area contributed by atoms with Crippen molar-refractivity contribution in [3.05, 3.63) is 47.9 Å². The summed E-state index contributed by atoms with van der Waals surface area (Å²) in [6.45, 7) is 4.30. The number of rotatable bonds is 7. The second kappa shape index (κ2) is 9.87. The van der Waals surface area contributed by atoms with E-state index < -0.39 is 5.97 Å². The number of ether oxygens (including phenoxy) is 1. The van der Waals surface area contributed by atoms with Crippen molar-refractivity contribution in [3.8, 4) is 0 Å². The number of nitrogens with zero attached hydrogens (tertiary/aromatic N) is 2. The molecule has 0 saturated carbocycles. The number of nitrogens with one attached hydrogen (secondary N) is 2. The van der Waals surface area contributed by atoms with Crippen molar-refractivity contribution in [2.45, 2.75) is 31.7 Å². The zero-order chi connectivity index (χ0) is 21.6. The van der Waals surface area contributed by atoms with E-state index in [1.54, 1.807) is 18.4 Å². The topological polar surface area (TPSA) is 87.0 Å². The fraction of sp³-hybridized carbons (Fsp3) is 0.478. The first-order valence-corrected chi connectivity index (χ1v) is 11.0. The van der Waals surface area contributed by atoms with Gasteiger partial charge in [-0.3, -0.25) is 4.90 Å². The van der Waals surface area contributed by atoms with E-state index in [0.717, 1.165) is 63.3 Å². The first kappa shape index (κ1) is 21.2. The number of carbonyl (C=O) groups excluding carboxylic acids is 2. The Balaban J connectivity index is 1.47. The Kier molecular flexibility index (Phi) is 6.76. The van der Waals surface area contributed by atoms with Gasteiger partial charge in [0.25, 0.3) is 0 Å². The van der Waals surface area contributed by atoms with Crippen molar-refractivity contribution in [3.63, 3.8) is 0 Å². The van der Waals surface area contributed by atoms with Crippen LogP contribution in [0.3, 0.4) is 0 Å². The Morgan fingerprint density at radius 2 is 1.84 bits per heavy atom. The Morgan fingerprint density at radius 3 is 2.52 bits per heavy atom. The second-order valence-electron chi connectivity index (χ2n) is 8.03. The molecule has 2 saturated heterocycles. The molecular weight excluding hydrogens is 396 g/mol. The summed E-state index contributed by atoms with van der Waals surface area (Å²) < 4.78 is 10.5. The highest BCUT2D eigenvalue weighted by Gasteiger charge is 2.26. The van der Waals surface area contributed by atoms with Crippen molar-refractivity contribution in [1.29, 1.82) is 0 Å². The largest absolute Gasteiger partial charge is 0.468 e. The van der Waals surface area contributed by atoms with Gasteiger partial charge in [0.2, 0.25) is 0 Å². The molecule has 2 fully saturated rings. The predicted molar refractivity (Wildman–Crippen MR) is 119 cm³/mol. The van der Waals surface area contributed by atoms with Crippen LogP contribution in [0.25, 0.3) is 0 Å². The Labute approximate surface area is 182 Å². The number of likely N-dealkylation sites (tertiary alicyclic amines) is 1. The molecule has 166 valence electrons. The number of amides is 2. The average Bonchev–Trinajstić information content (AvgIpc) is 3.57. The third kappa shape index (κ3) is 5.02. The molecule has 0 aliphatic carbocycles. The van der Waals surface area contributed by atoms with Crippen LogP contribution >= 0.6 is 0 Å². The molecule has 2 aromatic rings. The highest BCUT2D eigenvalue weighted by Crippen LogP contribution is 2.30. The molecule has 0 radical (unpaired) electrons. The Bertz CT molecular complexity index is 887. The van der Waals surface area contributed by atoms with Gasteiger partial charge in [-0.2, -0.15) is 0 Å². The van der Waals surface area contributed by atoms with Gasteiger partial charge in [-0.15, -0.1) is 0 Å². The summed E-state index contributed by atoms with van der Waals surface area (Å²) in [5.41, 5.74) is 1.94. The van der Waals surface area contributed by atoms with Crippen LogP contribution in [0.4, 0.5) is 16.2 Å². The van der Waals surface area contributed by atoms with Crippen molar-refractivity contribution in [2.75, 3.05) is 50.1 Å². The van der Waals surface area contributed by atoms with Gasteiger partial charge in [0, 0.05) is 19.6 Å². The number of carbonyl (C=O) groups is 2. The van der Waals surface area contributed by atoms with Crippen molar-refractivity contribution in [2.24, 2.45) is 0 Å². The smallest absolute Gasteiger partial charge is 0.337 e. The minimum absolute atomic E-state index is 0.00251. The van der Waals surface area contributed by atoms with Crippen LogP contribution < -0.4 is 15.5 Å². The second-order valence-corrected chi connectivity index (χ2v) is 8.03. The molecule has 1 aromatic heterocycles. The molecule has 31 heavy (non-hydrogen) atoms. The lowest BCUT2D eigenvalue weighted by Crippen LogP contribution is -2.38. The summed E-state index contributed by atoms with van der Waals surface area (Å²) in [6.07, 6.45) is 6.21. The SMILES string of the molecule is COC(=O)c1ccc(N2CCCC2)c(NC(=O)NCC(c2ccco2)N2CCCC2)c1. The van der Waals surface area contributed by atoms with Gasteiger partial charge in [-0.1, -0.05) is 0 Å². The molecule has 0 bridgehead atoms. The summed E-state index contributed by atoms with van der Waals surface area (Å²) in [7, 11) is 1.35. The fourth-order valence-electron chi connectivity index (χ4n) is 4.41. The minimum Gasteiger partial charge on any atom is -0.468 e. The summed E-state index contributed by atoms with van der Waals surface area (Å²) >= 11 is 0. The summed E-state index contributed by atoms with van der Waals surface area (Å²) in [4.78, 5) is 29.4. The van der Waals surface area contributed by atoms with E-state index >= 15 is 0 Å². The fourth-order valence-corrected chi connectivity index (χ4v) is 4.41. The van der Waals surface area contributed by atoms with Gasteiger partial charge in [0.1, 0.15) is 5.76 Å². The van der Waals surface area contributed by atoms with E-state index in [1.165, 1.54) is 7.11 Å². The van der Waals surface area contributed by atoms with Crippen LogP contribution in [-0.2, 0) is 4.74 Å². The third-order valence-electron chi connectivity index (χ3n) is 6.02. The minimum atomic E-state index is -0.427. The molecule has 4 rings (SSSR count). The van der Waals surface area contributed by atoms with E-state index in [1.807, 2.05) is 18.2 Å². The van der Waals surface area contributed by atoms with Crippen LogP contribution in [0, 0.1) is 0 Å². The lowest BCUT2D eigenvalue weighted by Gasteiger charge is -2.26. The number of esters is 1. The summed E-state index contributed by atoms with van der Waals surface area (Å²) in [6, 6.07) is 8.82. The van der Waals surface area contributed by atoms with Gasteiger partial charge in [-0.25, -0.2) is 9.59 Å². The maximum Gasteiger partial charge on any atom is 0.337 e. The number of urea groups is 1. The van der Waals surface area contributed by atoms with Gasteiger partial charge < -0.3 is 24.7 Å². The molecule has 2 aliphatic heterocycles. The number of methoxy groups -OCH3 is 1. The van der Waals surface area contributed by atoms with Crippen molar-refractivity contribution in [1.82, 2.24) is 10.2 Å². The quantitative estimate of drug-likeness (QED) is 0.658. The van der Waals surface area contributed by atoms with E-state index in [2.05, 4.69) is 20.4 Å². The van der Waals surface area contributed by atoms with Crippen LogP contribution in [0.5, 0.6) is 0 Å². The number of furan rings is 1. The normalized spacial score (nSPS) is 17.5. The molecule has 3 heterocycles. The molecule has 8 heteroatoms. The van der Waals surface area contributed by atoms with Crippen molar-refractivity contribution >= 4 is 23.4 Å². The number of hydrogen-bond acceptors (Lipinski definition) is 6. The highest BCUT2D eigenvalue weighted by molar-refractivity contribution is 5.97. The standard InChI is InChI=1S/C23H30N4O4/c1-30-22(28)17-8-9-19(26-10-2-3-11-26)18(15-17)25-23(29)24-16-20(21-7-6-14-31-21)27-12-4-5-13-27/h6-9,14-15,20H,2-5,10-13,16H2,1H3,(H2,24,25,29). The number of hydrogen-bond donors (Lipinski definition) is 2. The van der Waals surface area contributed by atoms with Gasteiger partial charge in [-0.05, 0) is 69.1 Å². The van der Waals surface area contributed by atoms with Crippen LogP contribution in [0.2, 0.25) is 0 Å². The molecule has 2 amide bonds. The molecular formula is C23H30N4O4. The van der Waals surface area contributed by atoms with Crippen LogP contribution in [0.1, 0.15) is 47.8 Å². The Morgan fingerprint density at radius 1 is 1.10 bits per heavy atom. The third-order valence-corrected chi connectivity index (χ3v) is 6.02.